The average molecular weight is 597 g/mol. The number of hydrogen-bond donors (Lipinski definition) is 0. The first-order valence-electron chi connectivity index (χ1n) is 12.2. The molecule has 1 aliphatic heterocycles. The number of hydrogen-bond acceptors (Lipinski definition) is 7. The van der Waals surface area contributed by atoms with Crippen LogP contribution in [0.25, 0.3) is 22.0 Å². The number of halogens is 3. The number of ketones is 2. The molecule has 12 heteroatoms. The van der Waals surface area contributed by atoms with Crippen molar-refractivity contribution in [1.29, 1.82) is 0 Å². The first kappa shape index (κ1) is 26.7. The van der Waals surface area contributed by atoms with Crippen molar-refractivity contribution in [3.8, 4) is 11.1 Å². The van der Waals surface area contributed by atoms with Crippen LogP contribution in [0.1, 0.15) is 35.4 Å². The van der Waals surface area contributed by atoms with Crippen molar-refractivity contribution in [3.63, 3.8) is 0 Å². The standard InChI is InChI=1S/C27H23BrF2N6O3/c1-14(37)27-20-5-16(17-9-31-15(2)32-10-17)3-4-23(20)36(34-27)13-26(39)35-12-19(30)7-24(35)25(38)8-22-21(28)6-18(29)11-33-22/h3-6,9-11,19,24H,7-8,12-13H2,1-2H3/t19-,24+/m1/s1. The molecule has 4 aromatic rings. The molecule has 1 fully saturated rings. The predicted molar refractivity (Wildman–Crippen MR) is 141 cm³/mol. The number of fused-ring (bicyclic) bond motifs is 1. The van der Waals surface area contributed by atoms with Crippen LogP contribution >= 0.6 is 15.9 Å². The van der Waals surface area contributed by atoms with Gasteiger partial charge in [-0.15, -0.1) is 0 Å². The number of benzene rings is 1. The highest BCUT2D eigenvalue weighted by atomic mass is 79.9. The Morgan fingerprint density at radius 2 is 1.82 bits per heavy atom. The third kappa shape index (κ3) is 5.47. The van der Waals surface area contributed by atoms with Crippen LogP contribution < -0.4 is 0 Å². The van der Waals surface area contributed by atoms with Gasteiger partial charge in [-0.1, -0.05) is 6.07 Å². The summed E-state index contributed by atoms with van der Waals surface area (Å²) in [6.07, 6.45) is 2.67. The Morgan fingerprint density at radius 3 is 2.51 bits per heavy atom. The maximum atomic E-state index is 14.4. The van der Waals surface area contributed by atoms with Crippen LogP contribution in [0.15, 0.2) is 47.3 Å². The van der Waals surface area contributed by atoms with E-state index < -0.39 is 29.7 Å². The Hall–Kier alpha value is -3.93. The first-order chi connectivity index (χ1) is 18.6. The molecule has 1 saturated heterocycles. The minimum absolute atomic E-state index is 0.135. The summed E-state index contributed by atoms with van der Waals surface area (Å²) in [7, 11) is 0. The zero-order chi connectivity index (χ0) is 27.8. The summed E-state index contributed by atoms with van der Waals surface area (Å²) in [5.41, 5.74) is 2.58. The minimum Gasteiger partial charge on any atom is -0.328 e. The molecule has 39 heavy (non-hydrogen) atoms. The van der Waals surface area contributed by atoms with E-state index in [1.807, 2.05) is 6.07 Å². The van der Waals surface area contributed by atoms with Crippen molar-refractivity contribution >= 4 is 44.3 Å². The van der Waals surface area contributed by atoms with E-state index in [-0.39, 0.29) is 37.4 Å². The molecule has 1 aliphatic rings. The van der Waals surface area contributed by atoms with Crippen LogP contribution in [-0.2, 0) is 22.6 Å². The molecule has 3 aromatic heterocycles. The van der Waals surface area contributed by atoms with E-state index in [4.69, 9.17) is 0 Å². The van der Waals surface area contributed by atoms with Crippen LogP contribution in [0.4, 0.5) is 8.78 Å². The number of nitrogens with zero attached hydrogens (tertiary/aromatic N) is 6. The molecular formula is C27H23BrF2N6O3. The highest BCUT2D eigenvalue weighted by Gasteiger charge is 2.40. The van der Waals surface area contributed by atoms with Gasteiger partial charge in [-0.25, -0.2) is 18.7 Å². The van der Waals surface area contributed by atoms with E-state index in [0.717, 1.165) is 17.3 Å². The Balaban J connectivity index is 1.41. The van der Waals surface area contributed by atoms with Crippen molar-refractivity contribution < 1.29 is 23.2 Å². The van der Waals surface area contributed by atoms with Crippen molar-refractivity contribution in [1.82, 2.24) is 29.6 Å². The highest BCUT2D eigenvalue weighted by molar-refractivity contribution is 9.10. The fourth-order valence-electron chi connectivity index (χ4n) is 4.72. The highest BCUT2D eigenvalue weighted by Crippen LogP contribution is 2.28. The molecule has 0 unspecified atom stereocenters. The quantitative estimate of drug-likeness (QED) is 0.296. The number of Topliss-reactive ketones (excluding diaryl/α,β-unsaturated/α-hetero) is 2. The van der Waals surface area contributed by atoms with Crippen molar-refractivity contribution in [2.24, 2.45) is 0 Å². The normalized spacial score (nSPS) is 17.1. The van der Waals surface area contributed by atoms with Gasteiger partial charge in [-0.3, -0.25) is 24.0 Å². The zero-order valence-electron chi connectivity index (χ0n) is 21.1. The van der Waals surface area contributed by atoms with Crippen LogP contribution in [-0.4, -0.2) is 65.9 Å². The van der Waals surface area contributed by atoms with Gasteiger partial charge in [0.25, 0.3) is 0 Å². The van der Waals surface area contributed by atoms with Gasteiger partial charge >= 0.3 is 0 Å². The molecule has 0 N–H and O–H groups in total. The van der Waals surface area contributed by atoms with Gasteiger partial charge in [0, 0.05) is 41.2 Å². The van der Waals surface area contributed by atoms with Crippen molar-refractivity contribution in [2.75, 3.05) is 6.54 Å². The van der Waals surface area contributed by atoms with E-state index in [1.165, 1.54) is 22.6 Å². The minimum atomic E-state index is -1.37. The van der Waals surface area contributed by atoms with Crippen LogP contribution in [0.5, 0.6) is 0 Å². The van der Waals surface area contributed by atoms with Gasteiger partial charge in [0.1, 0.15) is 30.1 Å². The van der Waals surface area contributed by atoms with E-state index in [1.54, 1.807) is 31.5 Å². The number of amides is 1. The summed E-state index contributed by atoms with van der Waals surface area (Å²) >= 11 is 3.19. The van der Waals surface area contributed by atoms with Gasteiger partial charge in [0.05, 0.1) is 36.4 Å². The van der Waals surface area contributed by atoms with Gasteiger partial charge in [-0.05, 0) is 46.6 Å². The van der Waals surface area contributed by atoms with Gasteiger partial charge in [0.15, 0.2) is 11.6 Å². The van der Waals surface area contributed by atoms with Gasteiger partial charge in [0.2, 0.25) is 5.91 Å². The molecule has 0 radical (unpaired) electrons. The Bertz CT molecular complexity index is 1610. The fraction of sp³-hybridized carbons (Fsp3) is 0.296. The van der Waals surface area contributed by atoms with Crippen molar-refractivity contribution in [3.05, 3.63) is 70.4 Å². The van der Waals surface area contributed by atoms with Crippen LogP contribution in [0.3, 0.4) is 0 Å². The number of alkyl halides is 1. The van der Waals surface area contributed by atoms with E-state index >= 15 is 0 Å². The maximum Gasteiger partial charge on any atom is 0.245 e. The summed E-state index contributed by atoms with van der Waals surface area (Å²) in [6, 6.07) is 5.56. The number of carbonyl (C=O) groups excluding carboxylic acids is 3. The van der Waals surface area contributed by atoms with Crippen LogP contribution in [0, 0.1) is 12.7 Å². The zero-order valence-corrected chi connectivity index (χ0v) is 22.7. The average Bonchev–Trinajstić information content (AvgIpc) is 3.46. The number of likely N-dealkylation sites (tertiary alicyclic amines) is 1. The summed E-state index contributed by atoms with van der Waals surface area (Å²) in [4.78, 5) is 52.4. The lowest BCUT2D eigenvalue weighted by Crippen LogP contribution is -2.43. The molecule has 2 atom stereocenters. The Morgan fingerprint density at radius 1 is 1.08 bits per heavy atom. The number of aromatic nitrogens is 5. The molecule has 9 nitrogen and oxygen atoms in total. The monoisotopic (exact) mass is 596 g/mol. The molecule has 0 spiro atoms. The molecular weight excluding hydrogens is 574 g/mol. The number of aryl methyl sites for hydroxylation is 1. The molecule has 1 aromatic carbocycles. The molecule has 0 saturated carbocycles. The topological polar surface area (TPSA) is 111 Å². The smallest absolute Gasteiger partial charge is 0.245 e. The molecule has 200 valence electrons. The lowest BCUT2D eigenvalue weighted by Gasteiger charge is -2.23. The Labute approximate surface area is 230 Å². The number of pyridine rings is 1. The summed E-state index contributed by atoms with van der Waals surface area (Å²) < 4.78 is 29.5. The summed E-state index contributed by atoms with van der Waals surface area (Å²) in [5.74, 6) is -1.11. The lowest BCUT2D eigenvalue weighted by molar-refractivity contribution is -0.138. The number of rotatable bonds is 7. The fourth-order valence-corrected chi connectivity index (χ4v) is 5.18. The second-order valence-electron chi connectivity index (χ2n) is 9.43. The van der Waals surface area contributed by atoms with Crippen molar-refractivity contribution in [2.45, 2.75) is 45.4 Å². The maximum absolute atomic E-state index is 14.4. The Kier molecular flexibility index (Phi) is 7.30. The summed E-state index contributed by atoms with van der Waals surface area (Å²) in [5, 5.41) is 4.94. The molecule has 0 bridgehead atoms. The summed E-state index contributed by atoms with van der Waals surface area (Å²) in [6.45, 7) is 2.65. The van der Waals surface area contributed by atoms with Crippen LogP contribution in [0.2, 0.25) is 0 Å². The molecule has 4 heterocycles. The largest absolute Gasteiger partial charge is 0.328 e. The van der Waals surface area contributed by atoms with E-state index in [9.17, 15) is 23.2 Å². The predicted octanol–water partition coefficient (Wildman–Crippen LogP) is 4.05. The lowest BCUT2D eigenvalue weighted by atomic mass is 10.0. The van der Waals surface area contributed by atoms with Gasteiger partial charge in [-0.2, -0.15) is 5.10 Å². The third-order valence-electron chi connectivity index (χ3n) is 6.65. The SMILES string of the molecule is CC(=O)c1nn(CC(=O)N2C[C@H](F)C[C@H]2C(=O)Cc2ncc(F)cc2Br)c2ccc(-c3cnc(C)nc3)cc12. The first-order valence-corrected chi connectivity index (χ1v) is 13.0. The molecule has 1 amide bonds. The molecule has 0 aliphatic carbocycles. The second kappa shape index (κ2) is 10.7. The third-order valence-corrected chi connectivity index (χ3v) is 7.34. The van der Waals surface area contributed by atoms with E-state index in [2.05, 4.69) is 36.0 Å². The number of carbonyl (C=O) groups is 3. The van der Waals surface area contributed by atoms with Gasteiger partial charge < -0.3 is 4.90 Å². The second-order valence-corrected chi connectivity index (χ2v) is 10.3. The molecule has 5 rings (SSSR count). The van der Waals surface area contributed by atoms with E-state index in [0.29, 0.717) is 26.9 Å².